The molecule has 2 amide bonds. The van der Waals surface area contributed by atoms with Crippen LogP contribution in [0.15, 0.2) is 18.3 Å². The van der Waals surface area contributed by atoms with Crippen LogP contribution in [0.3, 0.4) is 0 Å². The van der Waals surface area contributed by atoms with Gasteiger partial charge in [-0.25, -0.2) is 9.78 Å². The van der Waals surface area contributed by atoms with Crippen LogP contribution < -0.4 is 10.6 Å². The van der Waals surface area contributed by atoms with Crippen LogP contribution in [0.5, 0.6) is 0 Å². The van der Waals surface area contributed by atoms with Crippen molar-refractivity contribution >= 4 is 34.4 Å². The summed E-state index contributed by atoms with van der Waals surface area (Å²) in [6.07, 6.45) is 1.70. The molecule has 0 aliphatic heterocycles. The summed E-state index contributed by atoms with van der Waals surface area (Å²) in [5, 5.41) is 5.45. The predicted molar refractivity (Wildman–Crippen MR) is 68.9 cm³/mol. The van der Waals surface area contributed by atoms with Crippen molar-refractivity contribution in [2.75, 3.05) is 5.32 Å². The molecule has 1 aromatic heterocycles. The van der Waals surface area contributed by atoms with Gasteiger partial charge in [0.1, 0.15) is 5.82 Å². The molecule has 2 N–H and O–H groups in total. The van der Waals surface area contributed by atoms with E-state index < -0.39 is 0 Å². The minimum atomic E-state index is -0.243. The summed E-state index contributed by atoms with van der Waals surface area (Å²) in [6.45, 7) is 5.77. The highest BCUT2D eigenvalue weighted by molar-refractivity contribution is 14.1. The number of hydrogen-bond acceptors (Lipinski definition) is 2. The summed E-state index contributed by atoms with van der Waals surface area (Å²) in [5.74, 6) is 0.553. The Labute approximate surface area is 103 Å². The predicted octanol–water partition coefficient (Wildman–Crippen LogP) is 2.61. The lowest BCUT2D eigenvalue weighted by Crippen LogP contribution is -2.43. The van der Waals surface area contributed by atoms with E-state index in [2.05, 4.69) is 38.2 Å². The normalized spacial score (nSPS) is 10.9. The first-order valence-corrected chi connectivity index (χ1v) is 5.65. The maximum atomic E-state index is 11.4. The van der Waals surface area contributed by atoms with Crippen molar-refractivity contribution in [3.63, 3.8) is 0 Å². The Morgan fingerprint density at radius 1 is 1.40 bits per heavy atom. The minimum Gasteiger partial charge on any atom is -0.333 e. The summed E-state index contributed by atoms with van der Waals surface area (Å²) < 4.78 is 1.04. The van der Waals surface area contributed by atoms with Crippen molar-refractivity contribution in [2.45, 2.75) is 26.3 Å². The van der Waals surface area contributed by atoms with E-state index in [-0.39, 0.29) is 11.6 Å². The highest BCUT2D eigenvalue weighted by Gasteiger charge is 2.13. The summed E-state index contributed by atoms with van der Waals surface area (Å²) in [7, 11) is 0. The topological polar surface area (TPSA) is 54.0 Å². The molecule has 1 heterocycles. The lowest BCUT2D eigenvalue weighted by Gasteiger charge is -2.20. The molecular formula is C10H14IN3O. The van der Waals surface area contributed by atoms with Crippen LogP contribution in [0.25, 0.3) is 0 Å². The van der Waals surface area contributed by atoms with E-state index >= 15 is 0 Å². The molecule has 4 nitrogen and oxygen atoms in total. The summed E-state index contributed by atoms with van der Waals surface area (Å²) in [5.41, 5.74) is -0.243. The Morgan fingerprint density at radius 2 is 2.07 bits per heavy atom. The molecular weight excluding hydrogens is 305 g/mol. The molecule has 0 radical (unpaired) electrons. The summed E-state index contributed by atoms with van der Waals surface area (Å²) in [4.78, 5) is 15.5. The van der Waals surface area contributed by atoms with Crippen molar-refractivity contribution in [2.24, 2.45) is 0 Å². The monoisotopic (exact) mass is 319 g/mol. The number of hydrogen-bond donors (Lipinski definition) is 2. The Bertz CT molecular complexity index is 343. The van der Waals surface area contributed by atoms with Crippen molar-refractivity contribution in [1.82, 2.24) is 10.3 Å². The number of halogens is 1. The average Bonchev–Trinajstić information content (AvgIpc) is 2.05. The third-order valence-corrected chi connectivity index (χ3v) is 2.10. The number of nitrogens with zero attached hydrogens (tertiary/aromatic N) is 1. The van der Waals surface area contributed by atoms with Crippen molar-refractivity contribution < 1.29 is 4.79 Å². The number of amides is 2. The molecule has 15 heavy (non-hydrogen) atoms. The van der Waals surface area contributed by atoms with E-state index in [4.69, 9.17) is 0 Å². The number of carbonyl (C=O) groups excluding carboxylic acids is 1. The van der Waals surface area contributed by atoms with Gasteiger partial charge < -0.3 is 5.32 Å². The van der Waals surface area contributed by atoms with Gasteiger partial charge in [0.15, 0.2) is 0 Å². The molecule has 0 aliphatic carbocycles. The van der Waals surface area contributed by atoms with Crippen molar-refractivity contribution in [3.8, 4) is 0 Å². The molecule has 0 spiro atoms. The van der Waals surface area contributed by atoms with E-state index in [1.807, 2.05) is 26.8 Å². The van der Waals surface area contributed by atoms with Gasteiger partial charge in [0, 0.05) is 15.3 Å². The maximum absolute atomic E-state index is 11.4. The molecule has 1 rings (SSSR count). The molecule has 1 aromatic rings. The first kappa shape index (κ1) is 12.2. The third-order valence-electron chi connectivity index (χ3n) is 1.46. The van der Waals surface area contributed by atoms with Gasteiger partial charge in [-0.2, -0.15) is 0 Å². The van der Waals surface area contributed by atoms with Gasteiger partial charge in [0.25, 0.3) is 0 Å². The molecule has 82 valence electrons. The van der Waals surface area contributed by atoms with Gasteiger partial charge in [-0.3, -0.25) is 5.32 Å². The smallest absolute Gasteiger partial charge is 0.320 e. The highest BCUT2D eigenvalue weighted by atomic mass is 127. The quantitative estimate of drug-likeness (QED) is 0.782. The SMILES string of the molecule is CC(C)(C)NC(=O)Nc1ccc(I)cn1. The van der Waals surface area contributed by atoms with Gasteiger partial charge in [-0.1, -0.05) is 0 Å². The maximum Gasteiger partial charge on any atom is 0.320 e. The minimum absolute atomic E-state index is 0.240. The fraction of sp³-hybridized carbons (Fsp3) is 0.400. The Balaban J connectivity index is 2.55. The van der Waals surface area contributed by atoms with E-state index in [0.717, 1.165) is 3.57 Å². The van der Waals surface area contributed by atoms with E-state index in [1.165, 1.54) is 0 Å². The van der Waals surface area contributed by atoms with Gasteiger partial charge in [-0.05, 0) is 55.5 Å². The highest BCUT2D eigenvalue weighted by Crippen LogP contribution is 2.07. The van der Waals surface area contributed by atoms with E-state index in [1.54, 1.807) is 12.3 Å². The zero-order valence-electron chi connectivity index (χ0n) is 8.97. The Hall–Kier alpha value is -0.850. The lowest BCUT2D eigenvalue weighted by molar-refractivity contribution is 0.243. The number of carbonyl (C=O) groups is 1. The van der Waals surface area contributed by atoms with Gasteiger partial charge in [0.05, 0.1) is 0 Å². The second-order valence-corrected chi connectivity index (χ2v) is 5.44. The van der Waals surface area contributed by atoms with Crippen LogP contribution in [-0.2, 0) is 0 Å². The third kappa shape index (κ3) is 4.96. The van der Waals surface area contributed by atoms with Crippen molar-refractivity contribution in [1.29, 1.82) is 0 Å². The number of anilines is 1. The lowest BCUT2D eigenvalue weighted by atomic mass is 10.1. The first-order valence-electron chi connectivity index (χ1n) is 4.57. The molecule has 0 unspecified atom stereocenters. The molecule has 5 heteroatoms. The molecule has 0 saturated heterocycles. The molecule has 0 aromatic carbocycles. The number of rotatable bonds is 1. The second kappa shape index (κ2) is 4.78. The van der Waals surface area contributed by atoms with E-state index in [0.29, 0.717) is 5.82 Å². The first-order chi connectivity index (χ1) is 6.87. The van der Waals surface area contributed by atoms with E-state index in [9.17, 15) is 4.79 Å². The van der Waals surface area contributed by atoms with Crippen LogP contribution in [-0.4, -0.2) is 16.6 Å². The largest absolute Gasteiger partial charge is 0.333 e. The van der Waals surface area contributed by atoms with Crippen LogP contribution in [0.1, 0.15) is 20.8 Å². The Kier molecular flexibility index (Phi) is 3.90. The van der Waals surface area contributed by atoms with Crippen LogP contribution in [0.2, 0.25) is 0 Å². The zero-order chi connectivity index (χ0) is 11.5. The summed E-state index contributed by atoms with van der Waals surface area (Å²) >= 11 is 2.16. The second-order valence-electron chi connectivity index (χ2n) is 4.19. The molecule has 0 bridgehead atoms. The standard InChI is InChI=1S/C10H14IN3O/c1-10(2,3)14-9(15)13-8-5-4-7(11)6-12-8/h4-6H,1-3H3,(H2,12,13,14,15). The van der Waals surface area contributed by atoms with Gasteiger partial charge in [-0.15, -0.1) is 0 Å². The number of pyridine rings is 1. The molecule has 0 fully saturated rings. The van der Waals surface area contributed by atoms with Gasteiger partial charge in [0.2, 0.25) is 0 Å². The van der Waals surface area contributed by atoms with Gasteiger partial charge >= 0.3 is 6.03 Å². The van der Waals surface area contributed by atoms with Crippen LogP contribution in [0.4, 0.5) is 10.6 Å². The molecule has 0 saturated carbocycles. The number of aromatic nitrogens is 1. The average molecular weight is 319 g/mol. The number of nitrogens with one attached hydrogen (secondary N) is 2. The number of urea groups is 1. The summed E-state index contributed by atoms with van der Waals surface area (Å²) in [6, 6.07) is 3.42. The van der Waals surface area contributed by atoms with Crippen LogP contribution >= 0.6 is 22.6 Å². The zero-order valence-corrected chi connectivity index (χ0v) is 11.1. The molecule has 0 atom stereocenters. The molecule has 0 aliphatic rings. The fourth-order valence-corrected chi connectivity index (χ4v) is 1.26. The van der Waals surface area contributed by atoms with Crippen LogP contribution in [0, 0.1) is 3.57 Å². The fourth-order valence-electron chi connectivity index (χ4n) is 0.938. The Morgan fingerprint density at radius 3 is 2.53 bits per heavy atom. The van der Waals surface area contributed by atoms with Crippen molar-refractivity contribution in [3.05, 3.63) is 21.9 Å².